The largest absolute Gasteiger partial charge is 0.496 e. The van der Waals surface area contributed by atoms with Crippen molar-refractivity contribution in [1.82, 2.24) is 9.66 Å². The van der Waals surface area contributed by atoms with Crippen molar-refractivity contribution in [3.05, 3.63) is 80.6 Å². The molecule has 10 heteroatoms. The number of nitrogens with two attached hydrogens (primary N) is 1. The highest BCUT2D eigenvalue weighted by atomic mass is 35.5. The summed E-state index contributed by atoms with van der Waals surface area (Å²) in [6.07, 6.45) is 1.41. The number of rotatable bonds is 9. The molecule has 4 rings (SSSR count). The summed E-state index contributed by atoms with van der Waals surface area (Å²) in [6, 6.07) is 14.1. The minimum absolute atomic E-state index is 0.160. The predicted molar refractivity (Wildman–Crippen MR) is 153 cm³/mol. The smallest absolute Gasteiger partial charge is 0.282 e. The summed E-state index contributed by atoms with van der Waals surface area (Å²) < 4.78 is 17.8. The molecule has 0 aliphatic rings. The first-order chi connectivity index (χ1) is 18.6. The Bertz CT molecular complexity index is 1650. The van der Waals surface area contributed by atoms with E-state index in [1.165, 1.54) is 18.0 Å². The third kappa shape index (κ3) is 5.73. The molecule has 9 nitrogen and oxygen atoms in total. The van der Waals surface area contributed by atoms with Gasteiger partial charge in [-0.1, -0.05) is 37.6 Å². The van der Waals surface area contributed by atoms with Crippen LogP contribution in [0.3, 0.4) is 0 Å². The molecule has 0 fully saturated rings. The van der Waals surface area contributed by atoms with E-state index in [-0.39, 0.29) is 29.6 Å². The second kappa shape index (κ2) is 11.6. The van der Waals surface area contributed by atoms with E-state index in [0.29, 0.717) is 27.3 Å². The quantitative estimate of drug-likeness (QED) is 0.297. The maximum absolute atomic E-state index is 13.7. The molecule has 0 spiro atoms. The highest BCUT2D eigenvalue weighted by Crippen LogP contribution is 2.35. The van der Waals surface area contributed by atoms with Crippen LogP contribution in [-0.4, -0.2) is 42.6 Å². The van der Waals surface area contributed by atoms with Gasteiger partial charge in [0.2, 0.25) is 0 Å². The zero-order valence-electron chi connectivity index (χ0n) is 22.3. The lowest BCUT2D eigenvalue weighted by Crippen LogP contribution is -2.21. The molecule has 0 bridgehead atoms. The third-order valence-corrected chi connectivity index (χ3v) is 6.35. The standard InChI is InChI=1S/C29H29ClN4O5/c1-16(2)21-13-22(17(3)10-24(21)37-4)28-33-23-9-7-6-8-20(23)29(36)34(28)32-14-18-11-19(30)12-25(38-5)27(18)39-15-26(31)35/h6-14,16H,15H2,1-5H3,(H2,31,35). The van der Waals surface area contributed by atoms with Gasteiger partial charge in [0.25, 0.3) is 11.5 Å². The van der Waals surface area contributed by atoms with Crippen LogP contribution in [0.2, 0.25) is 5.02 Å². The zero-order valence-corrected chi connectivity index (χ0v) is 23.1. The van der Waals surface area contributed by atoms with E-state index in [9.17, 15) is 9.59 Å². The van der Waals surface area contributed by atoms with Gasteiger partial charge in [-0.3, -0.25) is 9.59 Å². The number of benzene rings is 3. The van der Waals surface area contributed by atoms with Gasteiger partial charge in [-0.2, -0.15) is 9.78 Å². The Hall–Kier alpha value is -4.37. The molecule has 0 aliphatic carbocycles. The van der Waals surface area contributed by atoms with E-state index >= 15 is 0 Å². The van der Waals surface area contributed by atoms with Crippen LogP contribution < -0.4 is 25.5 Å². The van der Waals surface area contributed by atoms with E-state index in [1.807, 2.05) is 25.1 Å². The van der Waals surface area contributed by atoms with Gasteiger partial charge in [-0.25, -0.2) is 4.98 Å². The van der Waals surface area contributed by atoms with Crippen LogP contribution in [0.5, 0.6) is 17.2 Å². The molecule has 4 aromatic rings. The fourth-order valence-electron chi connectivity index (χ4n) is 4.23. The number of para-hydroxylation sites is 1. The first-order valence-electron chi connectivity index (χ1n) is 12.2. The van der Waals surface area contributed by atoms with E-state index in [4.69, 9.17) is 36.5 Å². The summed E-state index contributed by atoms with van der Waals surface area (Å²) in [4.78, 5) is 29.9. The van der Waals surface area contributed by atoms with Crippen molar-refractivity contribution in [1.29, 1.82) is 0 Å². The number of aromatic nitrogens is 2. The lowest BCUT2D eigenvalue weighted by atomic mass is 9.96. The Morgan fingerprint density at radius 1 is 1.13 bits per heavy atom. The van der Waals surface area contributed by atoms with Crippen molar-refractivity contribution in [3.63, 3.8) is 0 Å². The predicted octanol–water partition coefficient (Wildman–Crippen LogP) is 4.91. The number of amides is 1. The molecule has 2 N–H and O–H groups in total. The summed E-state index contributed by atoms with van der Waals surface area (Å²) in [6.45, 7) is 5.67. The summed E-state index contributed by atoms with van der Waals surface area (Å²) in [5.74, 6) is 1.09. The Labute approximate surface area is 230 Å². The number of hydrogen-bond donors (Lipinski definition) is 1. The van der Waals surface area contributed by atoms with Gasteiger partial charge in [0.1, 0.15) is 5.75 Å². The third-order valence-electron chi connectivity index (χ3n) is 6.13. The summed E-state index contributed by atoms with van der Waals surface area (Å²) in [5.41, 5.74) is 8.39. The van der Waals surface area contributed by atoms with Crippen molar-refractivity contribution in [2.75, 3.05) is 20.8 Å². The van der Waals surface area contributed by atoms with Gasteiger partial charge in [0.05, 0.1) is 31.3 Å². The Balaban J connectivity index is 1.98. The molecular weight excluding hydrogens is 520 g/mol. The maximum atomic E-state index is 13.7. The SMILES string of the molecule is COc1cc(C)c(-c2nc3ccccc3c(=O)n2N=Cc2cc(Cl)cc(OC)c2OCC(N)=O)cc1C(C)C. The summed E-state index contributed by atoms with van der Waals surface area (Å²) >= 11 is 6.30. The molecule has 0 unspecified atom stereocenters. The summed E-state index contributed by atoms with van der Waals surface area (Å²) in [5, 5.41) is 5.29. The van der Waals surface area contributed by atoms with Gasteiger partial charge in [-0.05, 0) is 54.3 Å². The highest BCUT2D eigenvalue weighted by Gasteiger charge is 2.19. The Morgan fingerprint density at radius 2 is 1.85 bits per heavy atom. The fraction of sp³-hybridized carbons (Fsp3) is 0.241. The first-order valence-corrected chi connectivity index (χ1v) is 12.6. The molecule has 0 aliphatic heterocycles. The number of primary amides is 1. The number of aryl methyl sites for hydroxylation is 1. The Morgan fingerprint density at radius 3 is 2.51 bits per heavy atom. The molecule has 202 valence electrons. The maximum Gasteiger partial charge on any atom is 0.282 e. The number of carbonyl (C=O) groups is 1. The van der Waals surface area contributed by atoms with E-state index < -0.39 is 5.91 Å². The van der Waals surface area contributed by atoms with Gasteiger partial charge < -0.3 is 19.9 Å². The average molecular weight is 549 g/mol. The normalized spacial score (nSPS) is 11.4. The topological polar surface area (TPSA) is 118 Å². The lowest BCUT2D eigenvalue weighted by Gasteiger charge is -2.17. The van der Waals surface area contributed by atoms with Crippen LogP contribution in [0.1, 0.15) is 36.5 Å². The average Bonchev–Trinajstić information content (AvgIpc) is 2.91. The molecule has 0 radical (unpaired) electrons. The number of hydrogen-bond acceptors (Lipinski definition) is 7. The van der Waals surface area contributed by atoms with E-state index in [1.54, 1.807) is 37.4 Å². The van der Waals surface area contributed by atoms with Crippen molar-refractivity contribution in [3.8, 4) is 28.6 Å². The minimum atomic E-state index is -0.664. The molecule has 0 saturated heterocycles. The van der Waals surface area contributed by atoms with Crippen molar-refractivity contribution in [2.24, 2.45) is 10.8 Å². The van der Waals surface area contributed by atoms with Crippen LogP contribution in [-0.2, 0) is 4.79 Å². The van der Waals surface area contributed by atoms with Crippen LogP contribution in [0.25, 0.3) is 22.3 Å². The number of methoxy groups -OCH3 is 2. The molecule has 1 heterocycles. The van der Waals surface area contributed by atoms with Gasteiger partial charge in [0.15, 0.2) is 23.9 Å². The molecule has 1 amide bonds. The number of nitrogens with zero attached hydrogens (tertiary/aromatic N) is 3. The van der Waals surface area contributed by atoms with Crippen molar-refractivity contribution >= 4 is 34.6 Å². The Kier molecular flexibility index (Phi) is 8.21. The molecule has 0 atom stereocenters. The monoisotopic (exact) mass is 548 g/mol. The van der Waals surface area contributed by atoms with Crippen LogP contribution >= 0.6 is 11.6 Å². The second-order valence-electron chi connectivity index (χ2n) is 9.16. The van der Waals surface area contributed by atoms with Crippen LogP contribution in [0.4, 0.5) is 0 Å². The van der Waals surface area contributed by atoms with Gasteiger partial charge >= 0.3 is 0 Å². The first kappa shape index (κ1) is 27.7. The lowest BCUT2D eigenvalue weighted by molar-refractivity contribution is -0.119. The molecular formula is C29H29ClN4O5. The van der Waals surface area contributed by atoms with Gasteiger partial charge in [0, 0.05) is 22.2 Å². The number of fused-ring (bicyclic) bond motifs is 1. The minimum Gasteiger partial charge on any atom is -0.496 e. The zero-order chi connectivity index (χ0) is 28.3. The number of halogens is 1. The van der Waals surface area contributed by atoms with E-state index in [0.717, 1.165) is 22.4 Å². The highest BCUT2D eigenvalue weighted by molar-refractivity contribution is 6.31. The summed E-state index contributed by atoms with van der Waals surface area (Å²) in [7, 11) is 3.07. The molecule has 39 heavy (non-hydrogen) atoms. The van der Waals surface area contributed by atoms with Crippen LogP contribution in [0.15, 0.2) is 58.4 Å². The number of ether oxygens (including phenoxy) is 3. The molecule has 0 saturated carbocycles. The van der Waals surface area contributed by atoms with Gasteiger partial charge in [-0.15, -0.1) is 0 Å². The van der Waals surface area contributed by atoms with Crippen molar-refractivity contribution in [2.45, 2.75) is 26.7 Å². The molecule has 3 aromatic carbocycles. The second-order valence-corrected chi connectivity index (χ2v) is 9.60. The van der Waals surface area contributed by atoms with Crippen LogP contribution in [0, 0.1) is 6.92 Å². The number of carbonyl (C=O) groups excluding carboxylic acids is 1. The molecule has 1 aromatic heterocycles. The fourth-order valence-corrected chi connectivity index (χ4v) is 4.44. The van der Waals surface area contributed by atoms with Crippen molar-refractivity contribution < 1.29 is 19.0 Å². The van der Waals surface area contributed by atoms with E-state index in [2.05, 4.69) is 18.9 Å².